The summed E-state index contributed by atoms with van der Waals surface area (Å²) in [4.78, 5) is 24.4. The number of hydrogen-bond donors (Lipinski definition) is 0. The van der Waals surface area contributed by atoms with Crippen LogP contribution in [-0.4, -0.2) is 37.9 Å². The molecule has 0 aliphatic carbocycles. The quantitative estimate of drug-likeness (QED) is 0.572. The van der Waals surface area contributed by atoms with Gasteiger partial charge < -0.3 is 14.2 Å². The van der Waals surface area contributed by atoms with Crippen LogP contribution < -0.4 is 0 Å². The molecule has 0 aromatic heterocycles. The molecule has 1 aromatic carbocycles. The highest BCUT2D eigenvalue weighted by molar-refractivity contribution is 6.06. The van der Waals surface area contributed by atoms with Crippen LogP contribution in [-0.2, 0) is 23.8 Å². The zero-order valence-electron chi connectivity index (χ0n) is 13.4. The van der Waals surface area contributed by atoms with E-state index in [-0.39, 0.29) is 13.2 Å². The summed E-state index contributed by atoms with van der Waals surface area (Å²) in [7, 11) is 1.27. The molecule has 0 aliphatic heterocycles. The molecule has 0 atom stereocenters. The molecular weight excluding hydrogens is 284 g/mol. The fourth-order valence-corrected chi connectivity index (χ4v) is 1.82. The molecule has 5 heteroatoms. The lowest BCUT2D eigenvalue weighted by atomic mass is 10.0. The van der Waals surface area contributed by atoms with Crippen molar-refractivity contribution in [1.82, 2.24) is 0 Å². The predicted octanol–water partition coefficient (Wildman–Crippen LogP) is 2.52. The molecule has 0 amide bonds. The molecule has 1 aromatic rings. The predicted molar refractivity (Wildman–Crippen MR) is 83.2 cm³/mol. The summed E-state index contributed by atoms with van der Waals surface area (Å²) < 4.78 is 15.1. The molecule has 1 rings (SSSR count). The van der Waals surface area contributed by atoms with Gasteiger partial charge in [0.1, 0.15) is 0 Å². The molecule has 0 saturated carbocycles. The number of benzene rings is 1. The van der Waals surface area contributed by atoms with Crippen molar-refractivity contribution in [2.24, 2.45) is 0 Å². The number of carbonyl (C=O) groups excluding carboxylic acids is 2. The average Bonchev–Trinajstić information content (AvgIpc) is 2.50. The van der Waals surface area contributed by atoms with Crippen molar-refractivity contribution >= 4 is 18.0 Å². The van der Waals surface area contributed by atoms with Gasteiger partial charge in [0.05, 0.1) is 13.2 Å². The van der Waals surface area contributed by atoms with Crippen molar-refractivity contribution in [3.8, 4) is 0 Å². The number of ether oxygens (including phenoxy) is 3. The second-order valence-corrected chi connectivity index (χ2v) is 4.62. The number of carbonyl (C=O) groups is 2. The smallest absolute Gasteiger partial charge is 0.354 e. The van der Waals surface area contributed by atoms with Gasteiger partial charge in [-0.2, -0.15) is 0 Å². The van der Waals surface area contributed by atoms with E-state index in [9.17, 15) is 9.59 Å². The molecular formula is C17H22O5. The molecule has 0 radical (unpaired) electrons. The minimum Gasteiger partial charge on any atom is -0.463 e. The Morgan fingerprint density at radius 3 is 1.95 bits per heavy atom. The lowest BCUT2D eigenvalue weighted by Gasteiger charge is -2.24. The highest BCUT2D eigenvalue weighted by atomic mass is 16.6. The Morgan fingerprint density at radius 2 is 1.55 bits per heavy atom. The van der Waals surface area contributed by atoms with Crippen molar-refractivity contribution in [2.75, 3.05) is 20.3 Å². The van der Waals surface area contributed by atoms with E-state index in [1.807, 2.05) is 31.2 Å². The van der Waals surface area contributed by atoms with Gasteiger partial charge >= 0.3 is 11.9 Å². The number of esters is 2. The van der Waals surface area contributed by atoms with Gasteiger partial charge in [0, 0.05) is 7.11 Å². The van der Waals surface area contributed by atoms with Gasteiger partial charge in [-0.25, -0.2) is 9.59 Å². The molecule has 120 valence electrons. The third-order valence-corrected chi connectivity index (χ3v) is 3.07. The van der Waals surface area contributed by atoms with Crippen LogP contribution in [0.4, 0.5) is 0 Å². The van der Waals surface area contributed by atoms with E-state index in [0.717, 1.165) is 11.1 Å². The largest absolute Gasteiger partial charge is 0.463 e. The molecule has 0 saturated heterocycles. The molecule has 0 bridgehead atoms. The van der Waals surface area contributed by atoms with Crippen molar-refractivity contribution < 1.29 is 23.8 Å². The molecule has 0 unspecified atom stereocenters. The van der Waals surface area contributed by atoms with Crippen LogP contribution in [0.15, 0.2) is 30.3 Å². The highest BCUT2D eigenvalue weighted by Gasteiger charge is 2.47. The highest BCUT2D eigenvalue weighted by Crippen LogP contribution is 2.20. The Kier molecular flexibility index (Phi) is 6.79. The second-order valence-electron chi connectivity index (χ2n) is 4.62. The van der Waals surface area contributed by atoms with Gasteiger partial charge in [0.2, 0.25) is 0 Å². The first-order chi connectivity index (χ1) is 10.5. The van der Waals surface area contributed by atoms with Crippen LogP contribution in [0.3, 0.4) is 0 Å². The monoisotopic (exact) mass is 306 g/mol. The summed E-state index contributed by atoms with van der Waals surface area (Å²) in [5, 5.41) is 0. The van der Waals surface area contributed by atoms with Crippen LogP contribution in [0, 0.1) is 6.92 Å². The Bertz CT molecular complexity index is 512. The van der Waals surface area contributed by atoms with Crippen LogP contribution >= 0.6 is 0 Å². The lowest BCUT2D eigenvalue weighted by Crippen LogP contribution is -2.49. The van der Waals surface area contributed by atoms with E-state index in [1.165, 1.54) is 13.2 Å². The van der Waals surface area contributed by atoms with E-state index >= 15 is 0 Å². The average molecular weight is 306 g/mol. The Balaban J connectivity index is 3.15. The van der Waals surface area contributed by atoms with E-state index in [2.05, 4.69) is 0 Å². The Hall–Kier alpha value is -2.14. The van der Waals surface area contributed by atoms with Gasteiger partial charge in [-0.05, 0) is 32.4 Å². The molecule has 5 nitrogen and oxygen atoms in total. The summed E-state index contributed by atoms with van der Waals surface area (Å²) in [5.74, 6) is -1.58. The molecule has 0 aliphatic rings. The van der Waals surface area contributed by atoms with Crippen molar-refractivity contribution in [2.45, 2.75) is 26.4 Å². The zero-order chi connectivity index (χ0) is 16.6. The fraction of sp³-hybridized carbons (Fsp3) is 0.412. The van der Waals surface area contributed by atoms with E-state index in [0.29, 0.717) is 0 Å². The van der Waals surface area contributed by atoms with Crippen LogP contribution in [0.25, 0.3) is 6.08 Å². The van der Waals surface area contributed by atoms with Gasteiger partial charge in [-0.3, -0.25) is 0 Å². The van der Waals surface area contributed by atoms with Crippen molar-refractivity contribution in [3.63, 3.8) is 0 Å². The Morgan fingerprint density at radius 1 is 1.05 bits per heavy atom. The van der Waals surface area contributed by atoms with Crippen LogP contribution in [0.5, 0.6) is 0 Å². The first kappa shape index (κ1) is 17.9. The number of rotatable bonds is 7. The van der Waals surface area contributed by atoms with Gasteiger partial charge in [-0.15, -0.1) is 0 Å². The summed E-state index contributed by atoms with van der Waals surface area (Å²) in [6.45, 7) is 5.58. The Labute approximate surface area is 130 Å². The molecule has 22 heavy (non-hydrogen) atoms. The number of hydrogen-bond acceptors (Lipinski definition) is 5. The first-order valence-electron chi connectivity index (χ1n) is 7.15. The van der Waals surface area contributed by atoms with Crippen molar-refractivity contribution in [3.05, 3.63) is 41.5 Å². The van der Waals surface area contributed by atoms with Gasteiger partial charge in [0.15, 0.2) is 0 Å². The third-order valence-electron chi connectivity index (χ3n) is 3.07. The normalized spacial score (nSPS) is 11.5. The second kappa shape index (κ2) is 8.34. The third kappa shape index (κ3) is 4.18. The van der Waals surface area contributed by atoms with Gasteiger partial charge in [0.25, 0.3) is 5.60 Å². The summed E-state index contributed by atoms with van der Waals surface area (Å²) in [5.41, 5.74) is 0.0586. The van der Waals surface area contributed by atoms with Crippen molar-refractivity contribution in [1.29, 1.82) is 0 Å². The summed E-state index contributed by atoms with van der Waals surface area (Å²) >= 11 is 0. The fourth-order valence-electron chi connectivity index (χ4n) is 1.82. The zero-order valence-corrected chi connectivity index (χ0v) is 13.4. The maximum Gasteiger partial charge on any atom is 0.354 e. The first-order valence-corrected chi connectivity index (χ1v) is 7.15. The maximum atomic E-state index is 12.2. The number of methoxy groups -OCH3 is 1. The maximum absolute atomic E-state index is 12.2. The van der Waals surface area contributed by atoms with E-state index in [4.69, 9.17) is 14.2 Å². The molecule has 0 N–H and O–H groups in total. The SMILES string of the molecule is CCOC(=O)C(/C=C\c1ccc(C)cc1)(OC)C(=O)OCC. The molecule has 0 spiro atoms. The van der Waals surface area contributed by atoms with E-state index < -0.39 is 17.5 Å². The molecule has 0 fully saturated rings. The summed E-state index contributed by atoms with van der Waals surface area (Å²) in [6.07, 6.45) is 3.00. The molecule has 0 heterocycles. The standard InChI is InChI=1S/C17H22O5/c1-5-21-15(18)17(20-4,16(19)22-6-2)12-11-14-9-7-13(3)8-10-14/h7-12H,5-6H2,1-4H3/b12-11-. The number of aryl methyl sites for hydroxylation is 1. The van der Waals surface area contributed by atoms with Crippen LogP contribution in [0.1, 0.15) is 25.0 Å². The van der Waals surface area contributed by atoms with Crippen LogP contribution in [0.2, 0.25) is 0 Å². The summed E-state index contributed by atoms with van der Waals surface area (Å²) in [6, 6.07) is 7.62. The van der Waals surface area contributed by atoms with E-state index in [1.54, 1.807) is 19.9 Å². The minimum absolute atomic E-state index is 0.141. The lowest BCUT2D eigenvalue weighted by molar-refractivity contribution is -0.180. The topological polar surface area (TPSA) is 61.8 Å². The van der Waals surface area contributed by atoms with Gasteiger partial charge in [-0.1, -0.05) is 35.9 Å². The minimum atomic E-state index is -1.89.